The molecule has 1 amide bonds. The average Bonchev–Trinajstić information content (AvgIpc) is 3.50. The number of alkyl halides is 3. The van der Waals surface area contributed by atoms with Gasteiger partial charge < -0.3 is 19.9 Å². The minimum Gasteiger partial charge on any atom is -0.376 e. The van der Waals surface area contributed by atoms with E-state index >= 15 is 0 Å². The predicted octanol–water partition coefficient (Wildman–Crippen LogP) is 5.64. The van der Waals surface area contributed by atoms with Crippen molar-refractivity contribution in [2.75, 3.05) is 49.1 Å². The maximum atomic E-state index is 13.2. The Labute approximate surface area is 242 Å². The highest BCUT2D eigenvalue weighted by atomic mass is 32.2. The van der Waals surface area contributed by atoms with E-state index in [9.17, 15) is 18.0 Å². The van der Waals surface area contributed by atoms with Crippen LogP contribution in [0.3, 0.4) is 0 Å². The van der Waals surface area contributed by atoms with E-state index < -0.39 is 11.7 Å². The maximum Gasteiger partial charge on any atom is 0.416 e. The maximum absolute atomic E-state index is 13.2. The Morgan fingerprint density at radius 3 is 2.54 bits per heavy atom. The van der Waals surface area contributed by atoms with Crippen LogP contribution in [-0.4, -0.2) is 61.3 Å². The summed E-state index contributed by atoms with van der Waals surface area (Å²) in [5, 5.41) is 3.62. The van der Waals surface area contributed by atoms with Gasteiger partial charge in [0.25, 0.3) is 5.91 Å². The lowest BCUT2D eigenvalue weighted by Gasteiger charge is -2.37. The number of ether oxygens (including phenoxy) is 1. The summed E-state index contributed by atoms with van der Waals surface area (Å²) in [6.45, 7) is 7.69. The summed E-state index contributed by atoms with van der Waals surface area (Å²) >= 11 is 1.51. The molecule has 0 radical (unpaired) electrons. The first kappa shape index (κ1) is 29.2. The van der Waals surface area contributed by atoms with Gasteiger partial charge in [0.05, 0.1) is 11.7 Å². The number of halogens is 3. The van der Waals surface area contributed by atoms with Crippen molar-refractivity contribution >= 4 is 29.2 Å². The van der Waals surface area contributed by atoms with Crippen LogP contribution in [0.4, 0.5) is 24.7 Å². The lowest BCUT2D eigenvalue weighted by Crippen LogP contribution is -2.47. The Hall–Kier alpha value is -3.31. The smallest absolute Gasteiger partial charge is 0.376 e. The highest BCUT2D eigenvalue weighted by Crippen LogP contribution is 2.33. The molecule has 1 unspecified atom stereocenters. The molecular formula is C30H34F3N5O2S. The van der Waals surface area contributed by atoms with Gasteiger partial charge in [-0.1, -0.05) is 30.0 Å². The summed E-state index contributed by atoms with van der Waals surface area (Å²) in [4.78, 5) is 26.4. The van der Waals surface area contributed by atoms with Gasteiger partial charge in [0.1, 0.15) is 5.82 Å². The van der Waals surface area contributed by atoms with E-state index in [1.54, 1.807) is 6.07 Å². The van der Waals surface area contributed by atoms with Gasteiger partial charge in [0.15, 0.2) is 5.16 Å². The Bertz CT molecular complexity index is 1370. The lowest BCUT2D eigenvalue weighted by atomic mass is 10.1. The molecule has 0 bridgehead atoms. The Morgan fingerprint density at radius 2 is 1.80 bits per heavy atom. The van der Waals surface area contributed by atoms with Crippen LogP contribution in [0.1, 0.15) is 45.6 Å². The minimum atomic E-state index is -4.36. The largest absolute Gasteiger partial charge is 0.416 e. The van der Waals surface area contributed by atoms with Crippen LogP contribution in [0.25, 0.3) is 0 Å². The van der Waals surface area contributed by atoms with Crippen molar-refractivity contribution in [3.05, 3.63) is 76.5 Å². The third-order valence-electron chi connectivity index (χ3n) is 7.53. The quantitative estimate of drug-likeness (QED) is 0.271. The fraction of sp³-hybridized carbons (Fsp3) is 0.433. The van der Waals surface area contributed by atoms with E-state index in [-0.39, 0.29) is 12.0 Å². The average molecular weight is 586 g/mol. The molecular weight excluding hydrogens is 551 g/mol. The second kappa shape index (κ2) is 12.7. The Morgan fingerprint density at radius 1 is 1.05 bits per heavy atom. The van der Waals surface area contributed by atoms with E-state index in [1.165, 1.54) is 23.9 Å². The molecule has 11 heteroatoms. The summed E-state index contributed by atoms with van der Waals surface area (Å²) in [6, 6.07) is 13.1. The number of aromatic nitrogens is 2. The van der Waals surface area contributed by atoms with Crippen molar-refractivity contribution in [1.29, 1.82) is 0 Å². The van der Waals surface area contributed by atoms with Gasteiger partial charge in [-0.2, -0.15) is 13.2 Å². The van der Waals surface area contributed by atoms with Gasteiger partial charge in [-0.3, -0.25) is 4.79 Å². The number of anilines is 2. The summed E-state index contributed by atoms with van der Waals surface area (Å²) in [5.74, 6) is 1.35. The van der Waals surface area contributed by atoms with E-state index in [0.717, 1.165) is 48.2 Å². The molecule has 218 valence electrons. The number of hydrogen-bond donors (Lipinski definition) is 1. The van der Waals surface area contributed by atoms with Crippen LogP contribution in [0, 0.1) is 13.8 Å². The number of piperazine rings is 1. The van der Waals surface area contributed by atoms with Gasteiger partial charge >= 0.3 is 6.18 Å². The molecule has 0 spiro atoms. The highest BCUT2D eigenvalue weighted by Gasteiger charge is 2.31. The number of nitrogens with zero attached hydrogens (tertiary/aromatic N) is 4. The molecule has 2 aromatic carbocycles. The number of amides is 1. The number of carbonyl (C=O) groups excluding carboxylic acids is 1. The molecule has 3 aromatic rings. The fourth-order valence-electron chi connectivity index (χ4n) is 5.08. The summed E-state index contributed by atoms with van der Waals surface area (Å²) in [6.07, 6.45) is -2.26. The zero-order valence-corrected chi connectivity index (χ0v) is 24.0. The van der Waals surface area contributed by atoms with Crippen LogP contribution >= 0.6 is 11.8 Å². The first-order chi connectivity index (χ1) is 19.7. The van der Waals surface area contributed by atoms with Crippen LogP contribution in [0.5, 0.6) is 0 Å². The molecule has 2 saturated heterocycles. The monoisotopic (exact) mass is 585 g/mol. The van der Waals surface area contributed by atoms with Gasteiger partial charge in [0.2, 0.25) is 0 Å². The molecule has 1 N–H and O–H groups in total. The van der Waals surface area contributed by atoms with Crippen molar-refractivity contribution in [1.82, 2.24) is 15.3 Å². The van der Waals surface area contributed by atoms with Crippen molar-refractivity contribution in [3.8, 4) is 0 Å². The van der Waals surface area contributed by atoms with Gasteiger partial charge in [-0.05, 0) is 62.6 Å². The highest BCUT2D eigenvalue weighted by molar-refractivity contribution is 7.98. The zero-order valence-electron chi connectivity index (χ0n) is 23.2. The first-order valence-electron chi connectivity index (χ1n) is 13.8. The normalized spacial score (nSPS) is 17.6. The topological polar surface area (TPSA) is 70.6 Å². The van der Waals surface area contributed by atoms with Crippen molar-refractivity contribution in [3.63, 3.8) is 0 Å². The van der Waals surface area contributed by atoms with Crippen LogP contribution < -0.4 is 15.1 Å². The second-order valence-corrected chi connectivity index (χ2v) is 11.3. The van der Waals surface area contributed by atoms with Crippen LogP contribution in [0.2, 0.25) is 0 Å². The Kier molecular flexibility index (Phi) is 9.03. The summed E-state index contributed by atoms with van der Waals surface area (Å²) in [5.41, 5.74) is 3.44. The summed E-state index contributed by atoms with van der Waals surface area (Å²) in [7, 11) is 0. The standard InChI is InChI=1S/C30H34F3N5O2S/c1-20-21(2)35-29(41-19-22-6-3-7-23(16-22)28(39)34-18-26-10-5-15-40-26)36-27(20)38-13-11-37(12-14-38)25-9-4-8-24(17-25)30(31,32)33/h3-4,6-9,16-17,26H,5,10-15,18-19H2,1-2H3,(H,34,39). The van der Waals surface area contributed by atoms with E-state index in [2.05, 4.69) is 15.2 Å². The lowest BCUT2D eigenvalue weighted by molar-refractivity contribution is -0.137. The van der Waals surface area contributed by atoms with Crippen LogP contribution in [0.15, 0.2) is 53.7 Å². The molecule has 0 saturated carbocycles. The van der Waals surface area contributed by atoms with Crippen molar-refractivity contribution in [2.45, 2.75) is 49.9 Å². The number of nitrogens with one attached hydrogen (secondary N) is 1. The summed E-state index contributed by atoms with van der Waals surface area (Å²) < 4.78 is 45.1. The molecule has 41 heavy (non-hydrogen) atoms. The SMILES string of the molecule is Cc1nc(SCc2cccc(C(=O)NCC3CCCO3)c2)nc(N2CCN(c3cccc(C(F)(F)F)c3)CC2)c1C. The first-order valence-corrected chi connectivity index (χ1v) is 14.8. The van der Waals surface area contributed by atoms with Crippen LogP contribution in [-0.2, 0) is 16.7 Å². The molecule has 1 atom stereocenters. The Balaban J connectivity index is 1.20. The molecule has 2 aliphatic rings. The molecule has 2 aliphatic heterocycles. The minimum absolute atomic E-state index is 0.0948. The predicted molar refractivity (Wildman–Crippen MR) is 155 cm³/mol. The fourth-order valence-corrected chi connectivity index (χ4v) is 5.91. The number of hydrogen-bond acceptors (Lipinski definition) is 7. The zero-order chi connectivity index (χ0) is 29.0. The van der Waals surface area contributed by atoms with Crippen molar-refractivity contribution < 1.29 is 22.7 Å². The number of rotatable bonds is 8. The number of aryl methyl sites for hydroxylation is 1. The molecule has 2 fully saturated rings. The molecule has 0 aliphatic carbocycles. The second-order valence-electron chi connectivity index (χ2n) is 10.4. The molecule has 7 nitrogen and oxygen atoms in total. The van der Waals surface area contributed by atoms with E-state index in [1.807, 2.05) is 43.0 Å². The third-order valence-corrected chi connectivity index (χ3v) is 8.45. The van der Waals surface area contributed by atoms with E-state index in [0.29, 0.717) is 54.9 Å². The molecule has 5 rings (SSSR count). The number of carbonyl (C=O) groups is 1. The van der Waals surface area contributed by atoms with Gasteiger partial charge in [0, 0.05) is 67.6 Å². The third kappa shape index (κ3) is 7.32. The molecule has 3 heterocycles. The van der Waals surface area contributed by atoms with Gasteiger partial charge in [-0.15, -0.1) is 0 Å². The van der Waals surface area contributed by atoms with Crippen molar-refractivity contribution in [2.24, 2.45) is 0 Å². The number of thioether (sulfide) groups is 1. The number of benzene rings is 2. The molecule has 1 aromatic heterocycles. The van der Waals surface area contributed by atoms with Gasteiger partial charge in [-0.25, -0.2) is 9.97 Å². The van der Waals surface area contributed by atoms with E-state index in [4.69, 9.17) is 9.72 Å².